The zero-order valence-corrected chi connectivity index (χ0v) is 14.3. The molecule has 0 aliphatic rings. The molecule has 0 radical (unpaired) electrons. The van der Waals surface area contributed by atoms with Crippen molar-refractivity contribution >= 4 is 49.0 Å². The lowest BCUT2D eigenvalue weighted by Gasteiger charge is -2.11. The Morgan fingerprint density at radius 2 is 1.50 bits per heavy atom. The Balaban J connectivity index is 2.05. The average Bonchev–Trinajstić information content (AvgIpc) is 3.00. The van der Waals surface area contributed by atoms with Gasteiger partial charge in [0.2, 0.25) is 0 Å². The maximum atomic E-state index is 4.65. The van der Waals surface area contributed by atoms with Crippen LogP contribution < -0.4 is 0 Å². The summed E-state index contributed by atoms with van der Waals surface area (Å²) in [4.78, 5) is 8.97. The van der Waals surface area contributed by atoms with Crippen molar-refractivity contribution in [3.8, 4) is 0 Å². The van der Waals surface area contributed by atoms with Gasteiger partial charge < -0.3 is 4.40 Å². The van der Waals surface area contributed by atoms with Crippen molar-refractivity contribution in [2.75, 3.05) is 0 Å². The van der Waals surface area contributed by atoms with Crippen LogP contribution in [-0.4, -0.2) is 14.4 Å². The predicted molar refractivity (Wildman–Crippen MR) is 108 cm³/mol. The molecule has 6 rings (SSSR count). The van der Waals surface area contributed by atoms with E-state index in [9.17, 15) is 0 Å². The Labute approximate surface area is 149 Å². The molecule has 0 aliphatic heterocycles. The molecule has 26 heavy (non-hydrogen) atoms. The molecule has 0 fully saturated rings. The number of aromatic nitrogens is 3. The first-order valence-electron chi connectivity index (χ1n) is 8.77. The van der Waals surface area contributed by atoms with E-state index in [1.54, 1.807) is 6.33 Å². The van der Waals surface area contributed by atoms with Gasteiger partial charge in [0.25, 0.3) is 0 Å². The number of hydrogen-bond acceptors (Lipinski definition) is 2. The van der Waals surface area contributed by atoms with Gasteiger partial charge in [-0.2, -0.15) is 0 Å². The number of para-hydroxylation sites is 1. The van der Waals surface area contributed by atoms with Crippen LogP contribution in [0.25, 0.3) is 49.0 Å². The van der Waals surface area contributed by atoms with Crippen molar-refractivity contribution in [3.05, 3.63) is 78.8 Å². The maximum absolute atomic E-state index is 4.65. The SMILES string of the molecule is Cc1c2ccccc2n2c3cncnc3c3cc4ccccc4cc3c12. The van der Waals surface area contributed by atoms with Crippen molar-refractivity contribution in [2.45, 2.75) is 6.92 Å². The average molecular weight is 333 g/mol. The molecule has 3 aromatic carbocycles. The molecule has 3 heteroatoms. The fourth-order valence-corrected chi connectivity index (χ4v) is 4.30. The van der Waals surface area contributed by atoms with Crippen molar-refractivity contribution < 1.29 is 0 Å². The number of rotatable bonds is 0. The van der Waals surface area contributed by atoms with Crippen molar-refractivity contribution in [1.29, 1.82) is 0 Å². The monoisotopic (exact) mass is 333 g/mol. The van der Waals surface area contributed by atoms with Crippen LogP contribution in [0.2, 0.25) is 0 Å². The fraction of sp³-hybridized carbons (Fsp3) is 0.0435. The summed E-state index contributed by atoms with van der Waals surface area (Å²) < 4.78 is 2.32. The normalized spacial score (nSPS) is 12.0. The van der Waals surface area contributed by atoms with E-state index < -0.39 is 0 Å². The minimum Gasteiger partial charge on any atom is -0.305 e. The molecule has 6 aromatic rings. The molecule has 3 nitrogen and oxygen atoms in total. The van der Waals surface area contributed by atoms with Gasteiger partial charge in [0.15, 0.2) is 0 Å². The van der Waals surface area contributed by atoms with E-state index >= 15 is 0 Å². The Hall–Kier alpha value is -3.46. The highest BCUT2D eigenvalue weighted by Gasteiger charge is 2.16. The lowest BCUT2D eigenvalue weighted by molar-refractivity contribution is 1.19. The Kier molecular flexibility index (Phi) is 2.54. The molecule has 0 spiro atoms. The summed E-state index contributed by atoms with van der Waals surface area (Å²) in [5, 5.41) is 6.18. The largest absolute Gasteiger partial charge is 0.305 e. The maximum Gasteiger partial charge on any atom is 0.116 e. The van der Waals surface area contributed by atoms with Crippen LogP contribution in [0.15, 0.2) is 73.2 Å². The van der Waals surface area contributed by atoms with E-state index in [1.807, 2.05) is 6.20 Å². The molecular weight excluding hydrogens is 318 g/mol. The van der Waals surface area contributed by atoms with Gasteiger partial charge >= 0.3 is 0 Å². The summed E-state index contributed by atoms with van der Waals surface area (Å²) in [7, 11) is 0. The molecule has 122 valence electrons. The molecule has 0 saturated carbocycles. The highest BCUT2D eigenvalue weighted by atomic mass is 14.9. The Morgan fingerprint density at radius 3 is 2.35 bits per heavy atom. The second-order valence-corrected chi connectivity index (χ2v) is 6.83. The van der Waals surface area contributed by atoms with E-state index in [0.29, 0.717) is 0 Å². The molecule has 0 atom stereocenters. The molecule has 0 saturated heterocycles. The van der Waals surface area contributed by atoms with Gasteiger partial charge in [-0.3, -0.25) is 0 Å². The fourth-order valence-electron chi connectivity index (χ4n) is 4.30. The van der Waals surface area contributed by atoms with E-state index in [4.69, 9.17) is 0 Å². The second-order valence-electron chi connectivity index (χ2n) is 6.83. The molecule has 0 unspecified atom stereocenters. The Morgan fingerprint density at radius 1 is 0.769 bits per heavy atom. The second kappa shape index (κ2) is 4.79. The van der Waals surface area contributed by atoms with Gasteiger partial charge in [-0.05, 0) is 41.5 Å². The van der Waals surface area contributed by atoms with Gasteiger partial charge in [0.1, 0.15) is 6.33 Å². The van der Waals surface area contributed by atoms with E-state index in [0.717, 1.165) is 11.0 Å². The summed E-state index contributed by atoms with van der Waals surface area (Å²) in [5.41, 5.74) is 5.79. The number of hydrogen-bond donors (Lipinski definition) is 0. The highest BCUT2D eigenvalue weighted by Crippen LogP contribution is 2.37. The summed E-state index contributed by atoms with van der Waals surface area (Å²) in [6.07, 6.45) is 3.57. The van der Waals surface area contributed by atoms with Crippen LogP contribution in [0.5, 0.6) is 0 Å². The van der Waals surface area contributed by atoms with Crippen LogP contribution in [0.3, 0.4) is 0 Å². The van der Waals surface area contributed by atoms with Crippen LogP contribution >= 0.6 is 0 Å². The van der Waals surface area contributed by atoms with Gasteiger partial charge in [0.05, 0.1) is 28.3 Å². The number of nitrogens with zero attached hydrogens (tertiary/aromatic N) is 3. The lowest BCUT2D eigenvalue weighted by atomic mass is 10.0. The summed E-state index contributed by atoms with van der Waals surface area (Å²) in [6.45, 7) is 2.21. The minimum atomic E-state index is 0.994. The topological polar surface area (TPSA) is 30.2 Å². The number of pyridine rings is 1. The number of benzene rings is 3. The minimum absolute atomic E-state index is 0.994. The quantitative estimate of drug-likeness (QED) is 0.265. The predicted octanol–water partition coefficient (Wildman–Crippen LogP) is 5.65. The third kappa shape index (κ3) is 1.62. The summed E-state index contributed by atoms with van der Waals surface area (Å²) in [5.74, 6) is 0. The Bertz CT molecular complexity index is 1490. The van der Waals surface area contributed by atoms with Crippen LogP contribution in [0.4, 0.5) is 0 Å². The van der Waals surface area contributed by atoms with Crippen molar-refractivity contribution in [3.63, 3.8) is 0 Å². The summed E-state index contributed by atoms with van der Waals surface area (Å²) in [6, 6.07) is 21.6. The number of aryl methyl sites for hydroxylation is 1. The first-order valence-corrected chi connectivity index (χ1v) is 8.77. The van der Waals surface area contributed by atoms with Gasteiger partial charge in [-0.1, -0.05) is 42.5 Å². The molecule has 0 bridgehead atoms. The molecular formula is C23H15N3. The molecule has 3 heterocycles. The highest BCUT2D eigenvalue weighted by molar-refractivity contribution is 6.18. The van der Waals surface area contributed by atoms with Crippen LogP contribution in [-0.2, 0) is 0 Å². The van der Waals surface area contributed by atoms with Crippen molar-refractivity contribution in [2.24, 2.45) is 0 Å². The van der Waals surface area contributed by atoms with E-state index in [1.165, 1.54) is 43.5 Å². The zero-order valence-electron chi connectivity index (χ0n) is 14.3. The first kappa shape index (κ1) is 13.8. The number of fused-ring (bicyclic) bond motifs is 9. The van der Waals surface area contributed by atoms with E-state index in [2.05, 4.69) is 82.0 Å². The zero-order chi connectivity index (χ0) is 17.3. The molecule has 3 aromatic heterocycles. The smallest absolute Gasteiger partial charge is 0.116 e. The van der Waals surface area contributed by atoms with Crippen molar-refractivity contribution in [1.82, 2.24) is 14.4 Å². The lowest BCUT2D eigenvalue weighted by Crippen LogP contribution is -1.94. The third-order valence-corrected chi connectivity index (χ3v) is 5.46. The van der Waals surface area contributed by atoms with Crippen LogP contribution in [0, 0.1) is 6.92 Å². The van der Waals surface area contributed by atoms with Gasteiger partial charge in [0, 0.05) is 16.2 Å². The molecule has 0 aliphatic carbocycles. The van der Waals surface area contributed by atoms with Gasteiger partial charge in [-0.15, -0.1) is 0 Å². The third-order valence-electron chi connectivity index (χ3n) is 5.46. The molecule has 0 N–H and O–H groups in total. The van der Waals surface area contributed by atoms with E-state index in [-0.39, 0.29) is 0 Å². The first-order chi connectivity index (χ1) is 12.8. The summed E-state index contributed by atoms with van der Waals surface area (Å²) >= 11 is 0. The molecule has 0 amide bonds. The van der Waals surface area contributed by atoms with Gasteiger partial charge in [-0.25, -0.2) is 9.97 Å². The van der Waals surface area contributed by atoms with Crippen LogP contribution in [0.1, 0.15) is 5.56 Å². The standard InChI is InChI=1S/C23H15N3/c1-14-17-8-4-5-9-20(17)26-21-12-24-13-25-22(21)18-10-15-6-2-3-7-16(15)11-19(18)23(14)26/h2-13H,1H3.